The largest absolute Gasteiger partial charge is 0.340 e. The lowest BCUT2D eigenvalue weighted by Gasteiger charge is -2.42. The van der Waals surface area contributed by atoms with Crippen molar-refractivity contribution < 1.29 is 4.52 Å². The fraction of sp³-hybridized carbons (Fsp3) is 0.833. The van der Waals surface area contributed by atoms with Crippen molar-refractivity contribution in [2.45, 2.75) is 63.5 Å². The Morgan fingerprint density at radius 2 is 1.94 bits per heavy atom. The van der Waals surface area contributed by atoms with Crippen LogP contribution in [0, 0.1) is 6.92 Å². The second-order valence-electron chi connectivity index (χ2n) is 5.20. The molecule has 2 fully saturated rings. The number of halogens is 1. The molecule has 0 radical (unpaired) electrons. The normalized spacial score (nSPS) is 23.1. The topological polar surface area (TPSA) is 51.0 Å². The summed E-state index contributed by atoms with van der Waals surface area (Å²) in [4.78, 5) is 4.41. The zero-order chi connectivity index (χ0) is 11.0. The van der Waals surface area contributed by atoms with Crippen molar-refractivity contribution in [1.82, 2.24) is 15.5 Å². The Morgan fingerprint density at radius 3 is 2.41 bits per heavy atom. The number of hydrogen-bond acceptors (Lipinski definition) is 4. The molecule has 1 aromatic rings. The van der Waals surface area contributed by atoms with Crippen LogP contribution in [0.5, 0.6) is 0 Å². The van der Waals surface area contributed by atoms with Crippen molar-refractivity contribution in [1.29, 1.82) is 0 Å². The summed E-state index contributed by atoms with van der Waals surface area (Å²) in [5.74, 6) is 1.55. The van der Waals surface area contributed by atoms with E-state index >= 15 is 0 Å². The van der Waals surface area contributed by atoms with Gasteiger partial charge in [-0.2, -0.15) is 4.98 Å². The molecule has 1 aromatic heterocycles. The molecule has 2 saturated carbocycles. The summed E-state index contributed by atoms with van der Waals surface area (Å²) in [6.45, 7) is 1.86. The van der Waals surface area contributed by atoms with Gasteiger partial charge in [0, 0.05) is 13.0 Å². The van der Waals surface area contributed by atoms with Gasteiger partial charge in [-0.15, -0.1) is 12.4 Å². The van der Waals surface area contributed by atoms with Crippen LogP contribution < -0.4 is 5.32 Å². The highest BCUT2D eigenvalue weighted by Gasteiger charge is 2.44. The Balaban J connectivity index is 0.00000108. The van der Waals surface area contributed by atoms with Gasteiger partial charge < -0.3 is 9.84 Å². The van der Waals surface area contributed by atoms with Crippen LogP contribution in [0.2, 0.25) is 0 Å². The summed E-state index contributed by atoms with van der Waals surface area (Å²) in [5, 5.41) is 7.88. The summed E-state index contributed by atoms with van der Waals surface area (Å²) in [6.07, 6.45) is 8.91. The molecule has 2 aliphatic rings. The zero-order valence-corrected chi connectivity index (χ0v) is 11.1. The Bertz CT molecular complexity index is 370. The van der Waals surface area contributed by atoms with Gasteiger partial charge in [0.2, 0.25) is 5.89 Å². The van der Waals surface area contributed by atoms with Crippen LogP contribution in [0.25, 0.3) is 0 Å². The molecule has 0 bridgehead atoms. The average Bonchev–Trinajstić information content (AvgIpc) is 2.82. The number of aromatic nitrogens is 2. The van der Waals surface area contributed by atoms with Crippen molar-refractivity contribution in [3.8, 4) is 0 Å². The van der Waals surface area contributed by atoms with E-state index in [0.29, 0.717) is 11.9 Å². The summed E-state index contributed by atoms with van der Waals surface area (Å²) in [7, 11) is 0. The maximum absolute atomic E-state index is 5.11. The van der Waals surface area contributed by atoms with Crippen LogP contribution in [0.4, 0.5) is 0 Å². The van der Waals surface area contributed by atoms with Gasteiger partial charge in [0.15, 0.2) is 5.82 Å². The van der Waals surface area contributed by atoms with E-state index in [1.54, 1.807) is 0 Å². The van der Waals surface area contributed by atoms with Gasteiger partial charge in [-0.3, -0.25) is 0 Å². The molecule has 5 heteroatoms. The molecule has 0 amide bonds. The van der Waals surface area contributed by atoms with Crippen LogP contribution in [0.3, 0.4) is 0 Å². The van der Waals surface area contributed by atoms with Crippen LogP contribution in [-0.2, 0) is 5.54 Å². The summed E-state index contributed by atoms with van der Waals surface area (Å²) in [5.41, 5.74) is 0.0345. The maximum Gasteiger partial charge on any atom is 0.223 e. The molecule has 0 saturated heterocycles. The molecule has 1 N–H and O–H groups in total. The van der Waals surface area contributed by atoms with Crippen LogP contribution in [-0.4, -0.2) is 16.2 Å². The molecular formula is C12H20ClN3O. The molecule has 0 aliphatic heterocycles. The maximum atomic E-state index is 5.11. The van der Waals surface area contributed by atoms with E-state index in [4.69, 9.17) is 4.52 Å². The first-order valence-electron chi connectivity index (χ1n) is 6.37. The Labute approximate surface area is 108 Å². The van der Waals surface area contributed by atoms with E-state index in [9.17, 15) is 0 Å². The quantitative estimate of drug-likeness (QED) is 0.905. The van der Waals surface area contributed by atoms with Gasteiger partial charge >= 0.3 is 0 Å². The lowest BCUT2D eigenvalue weighted by molar-refractivity contribution is 0.147. The molecule has 96 valence electrons. The number of nitrogens with zero attached hydrogens (tertiary/aromatic N) is 2. The monoisotopic (exact) mass is 257 g/mol. The number of nitrogens with one attached hydrogen (secondary N) is 1. The van der Waals surface area contributed by atoms with Gasteiger partial charge in [0.25, 0.3) is 0 Å². The lowest BCUT2D eigenvalue weighted by Crippen LogP contribution is -2.52. The molecule has 0 spiro atoms. The SMILES string of the molecule is Cc1nc(C2(NC3CCCC3)CCC2)no1.Cl. The first-order chi connectivity index (χ1) is 7.78. The minimum atomic E-state index is 0. The van der Waals surface area contributed by atoms with Crippen LogP contribution in [0.1, 0.15) is 56.7 Å². The molecule has 0 unspecified atom stereocenters. The minimum absolute atomic E-state index is 0. The second kappa shape index (κ2) is 4.94. The molecule has 0 aromatic carbocycles. The minimum Gasteiger partial charge on any atom is -0.340 e. The number of rotatable bonds is 3. The molecule has 4 nitrogen and oxygen atoms in total. The average molecular weight is 258 g/mol. The third-order valence-corrected chi connectivity index (χ3v) is 4.00. The zero-order valence-electron chi connectivity index (χ0n) is 10.2. The molecule has 3 rings (SSSR count). The predicted octanol–water partition coefficient (Wildman–Crippen LogP) is 2.71. The summed E-state index contributed by atoms with van der Waals surface area (Å²) in [6, 6.07) is 0.666. The van der Waals surface area contributed by atoms with Crippen molar-refractivity contribution in [2.24, 2.45) is 0 Å². The third-order valence-electron chi connectivity index (χ3n) is 4.00. The van der Waals surface area contributed by atoms with Gasteiger partial charge in [0.05, 0.1) is 5.54 Å². The Hall–Kier alpha value is -0.610. The fourth-order valence-electron chi connectivity index (χ4n) is 2.92. The van der Waals surface area contributed by atoms with Crippen molar-refractivity contribution in [3.05, 3.63) is 11.7 Å². The molecule has 17 heavy (non-hydrogen) atoms. The standard InChI is InChI=1S/C12H19N3O.ClH/c1-9-13-11(15-16-9)12(7-4-8-12)14-10-5-2-3-6-10;/h10,14H,2-8H2,1H3;1H. The second-order valence-corrected chi connectivity index (χ2v) is 5.20. The summed E-state index contributed by atoms with van der Waals surface area (Å²) >= 11 is 0. The Morgan fingerprint density at radius 1 is 1.24 bits per heavy atom. The fourth-order valence-corrected chi connectivity index (χ4v) is 2.92. The molecule has 0 atom stereocenters. The van der Waals surface area contributed by atoms with E-state index in [1.807, 2.05) is 6.92 Å². The third kappa shape index (κ3) is 2.33. The Kier molecular flexibility index (Phi) is 3.73. The van der Waals surface area contributed by atoms with Crippen LogP contribution >= 0.6 is 12.4 Å². The summed E-state index contributed by atoms with van der Waals surface area (Å²) < 4.78 is 5.11. The highest BCUT2D eigenvalue weighted by molar-refractivity contribution is 5.85. The first kappa shape index (κ1) is 12.8. The lowest BCUT2D eigenvalue weighted by atomic mass is 9.75. The number of aryl methyl sites for hydroxylation is 1. The van der Waals surface area contributed by atoms with E-state index < -0.39 is 0 Å². The van der Waals surface area contributed by atoms with Crippen molar-refractivity contribution >= 4 is 12.4 Å². The smallest absolute Gasteiger partial charge is 0.223 e. The van der Waals surface area contributed by atoms with Gasteiger partial charge in [-0.1, -0.05) is 18.0 Å². The predicted molar refractivity (Wildman–Crippen MR) is 67.2 cm³/mol. The van der Waals surface area contributed by atoms with E-state index in [-0.39, 0.29) is 17.9 Å². The van der Waals surface area contributed by atoms with Crippen molar-refractivity contribution in [3.63, 3.8) is 0 Å². The van der Waals surface area contributed by atoms with E-state index in [0.717, 1.165) is 18.7 Å². The number of hydrogen-bond donors (Lipinski definition) is 1. The van der Waals surface area contributed by atoms with Gasteiger partial charge in [-0.05, 0) is 32.1 Å². The van der Waals surface area contributed by atoms with E-state index in [2.05, 4.69) is 15.5 Å². The van der Waals surface area contributed by atoms with Gasteiger partial charge in [-0.25, -0.2) is 0 Å². The highest BCUT2D eigenvalue weighted by atomic mass is 35.5. The highest BCUT2D eigenvalue weighted by Crippen LogP contribution is 2.41. The van der Waals surface area contributed by atoms with Crippen molar-refractivity contribution in [2.75, 3.05) is 0 Å². The van der Waals surface area contributed by atoms with Crippen LogP contribution in [0.15, 0.2) is 4.52 Å². The first-order valence-corrected chi connectivity index (χ1v) is 6.37. The molecule has 1 heterocycles. The van der Waals surface area contributed by atoms with Gasteiger partial charge in [0.1, 0.15) is 0 Å². The molecule has 2 aliphatic carbocycles. The van der Waals surface area contributed by atoms with E-state index in [1.165, 1.54) is 32.1 Å². The molecular weight excluding hydrogens is 238 g/mol.